The van der Waals surface area contributed by atoms with Crippen LogP contribution in [0.15, 0.2) is 101 Å². The van der Waals surface area contributed by atoms with Crippen molar-refractivity contribution in [2.75, 3.05) is 0 Å². The Hall–Kier alpha value is -2.19. The van der Waals surface area contributed by atoms with E-state index in [1.54, 1.807) is 0 Å². The van der Waals surface area contributed by atoms with Gasteiger partial charge in [-0.1, -0.05) is 37.4 Å². The van der Waals surface area contributed by atoms with Crippen molar-refractivity contribution in [3.05, 3.63) is 90.9 Å². The minimum Gasteiger partial charge on any atom is -0.488 e. The molecule has 0 N–H and O–H groups in total. The molecule has 2 rings (SSSR count). The molecule has 0 saturated heterocycles. The lowest BCUT2D eigenvalue weighted by molar-refractivity contribution is 0.131. The van der Waals surface area contributed by atoms with Crippen LogP contribution < -0.4 is 4.74 Å². The summed E-state index contributed by atoms with van der Waals surface area (Å²) >= 11 is 0. The number of benzene rings is 2. The second-order valence-corrected chi connectivity index (χ2v) is 8.34. The number of ether oxygens (including phenoxy) is 1. The smallest absolute Gasteiger partial charge is 0.166 e. The van der Waals surface area contributed by atoms with Crippen molar-refractivity contribution < 1.29 is 4.74 Å². The highest BCUT2D eigenvalue weighted by Crippen LogP contribution is 2.32. The molecule has 0 heterocycles. The van der Waals surface area contributed by atoms with Crippen molar-refractivity contribution in [2.45, 2.75) is 36.2 Å². The fourth-order valence-electron chi connectivity index (χ4n) is 2.30. The van der Waals surface area contributed by atoms with Gasteiger partial charge in [0.05, 0.1) is 10.9 Å². The topological polar surface area (TPSA) is 9.23 Å². The Kier molecular flexibility index (Phi) is 6.10. The minimum absolute atomic E-state index is 0.197. The van der Waals surface area contributed by atoms with Crippen LogP contribution in [0.5, 0.6) is 5.75 Å². The van der Waals surface area contributed by atoms with Gasteiger partial charge in [0.25, 0.3) is 0 Å². The molecular formula is C22H25OS+. The highest BCUT2D eigenvalue weighted by Gasteiger charge is 2.29. The van der Waals surface area contributed by atoms with Gasteiger partial charge >= 0.3 is 0 Å². The first-order chi connectivity index (χ1) is 11.4. The molecule has 0 aliphatic heterocycles. The molecule has 1 atom stereocenters. The standard InChI is InChI=1S/C22H25OS/c1-6-11-19(7-2)24(20-12-9-8-10-13-20)21-16-14-18(15-17-21)23-22(3,4)5/h6-17H,1-2H2,3-5H3/q+1/b19-11+. The molecular weight excluding hydrogens is 312 g/mol. The molecule has 0 aliphatic rings. The van der Waals surface area contributed by atoms with E-state index in [0.29, 0.717) is 0 Å². The van der Waals surface area contributed by atoms with Crippen molar-refractivity contribution >= 4 is 10.9 Å². The first-order valence-corrected chi connectivity index (χ1v) is 9.20. The van der Waals surface area contributed by atoms with E-state index in [2.05, 4.69) is 70.3 Å². The molecule has 0 fully saturated rings. The zero-order valence-electron chi connectivity index (χ0n) is 14.7. The maximum absolute atomic E-state index is 5.93. The summed E-state index contributed by atoms with van der Waals surface area (Å²) in [5, 5.41) is 0. The predicted octanol–water partition coefficient (Wildman–Crippen LogP) is 6.16. The van der Waals surface area contributed by atoms with Crippen LogP contribution in [0.25, 0.3) is 0 Å². The lowest BCUT2D eigenvalue weighted by atomic mass is 10.2. The molecule has 2 heteroatoms. The highest BCUT2D eigenvalue weighted by atomic mass is 32.2. The summed E-state index contributed by atoms with van der Waals surface area (Å²) in [6, 6.07) is 18.8. The Morgan fingerprint density at radius 2 is 1.50 bits per heavy atom. The average Bonchev–Trinajstić information content (AvgIpc) is 2.55. The normalized spacial score (nSPS) is 13.2. The summed E-state index contributed by atoms with van der Waals surface area (Å²) in [6.45, 7) is 14.0. The number of allylic oxidation sites excluding steroid dienone is 3. The summed E-state index contributed by atoms with van der Waals surface area (Å²) in [7, 11) is -0.204. The lowest BCUT2D eigenvalue weighted by Gasteiger charge is -2.21. The van der Waals surface area contributed by atoms with E-state index in [-0.39, 0.29) is 16.5 Å². The van der Waals surface area contributed by atoms with Gasteiger partial charge in [-0.15, -0.1) is 0 Å². The third-order valence-corrected chi connectivity index (χ3v) is 5.44. The molecule has 0 radical (unpaired) electrons. The van der Waals surface area contributed by atoms with Crippen LogP contribution in [0, 0.1) is 0 Å². The predicted molar refractivity (Wildman–Crippen MR) is 106 cm³/mol. The molecule has 0 saturated carbocycles. The zero-order chi connectivity index (χ0) is 17.6. The van der Waals surface area contributed by atoms with Crippen LogP contribution in [0.4, 0.5) is 0 Å². The third kappa shape index (κ3) is 4.90. The van der Waals surface area contributed by atoms with Crippen molar-refractivity contribution in [3.8, 4) is 5.75 Å². The summed E-state index contributed by atoms with van der Waals surface area (Å²) in [5.41, 5.74) is -0.197. The Morgan fingerprint density at radius 3 is 2.00 bits per heavy atom. The molecule has 0 amide bonds. The van der Waals surface area contributed by atoms with Crippen molar-refractivity contribution in [1.82, 2.24) is 0 Å². The van der Waals surface area contributed by atoms with E-state index >= 15 is 0 Å². The maximum atomic E-state index is 5.93. The quantitative estimate of drug-likeness (QED) is 0.453. The molecule has 1 nitrogen and oxygen atoms in total. The Bertz CT molecular complexity index is 706. The molecule has 2 aromatic rings. The van der Waals surface area contributed by atoms with Gasteiger partial charge in [-0.3, -0.25) is 0 Å². The van der Waals surface area contributed by atoms with Crippen LogP contribution in [-0.2, 0) is 10.9 Å². The molecule has 1 unspecified atom stereocenters. The van der Waals surface area contributed by atoms with Crippen molar-refractivity contribution in [2.24, 2.45) is 0 Å². The van der Waals surface area contributed by atoms with E-state index in [4.69, 9.17) is 4.74 Å². The van der Waals surface area contributed by atoms with E-state index in [9.17, 15) is 0 Å². The van der Waals surface area contributed by atoms with Gasteiger partial charge in [0.1, 0.15) is 11.4 Å². The Balaban J connectivity index is 2.42. The number of hydrogen-bond donors (Lipinski definition) is 0. The molecule has 0 spiro atoms. The Morgan fingerprint density at radius 1 is 0.917 bits per heavy atom. The average molecular weight is 338 g/mol. The molecule has 24 heavy (non-hydrogen) atoms. The van der Waals surface area contributed by atoms with Crippen LogP contribution in [0.2, 0.25) is 0 Å². The van der Waals surface area contributed by atoms with Crippen LogP contribution >= 0.6 is 0 Å². The summed E-state index contributed by atoms with van der Waals surface area (Å²) in [5.74, 6) is 0.885. The molecule has 0 bridgehead atoms. The lowest BCUT2D eigenvalue weighted by Crippen LogP contribution is -2.22. The van der Waals surface area contributed by atoms with Gasteiger partial charge < -0.3 is 4.74 Å². The largest absolute Gasteiger partial charge is 0.488 e. The van der Waals surface area contributed by atoms with E-state index in [1.807, 2.05) is 36.4 Å². The summed E-state index contributed by atoms with van der Waals surface area (Å²) in [6.07, 6.45) is 5.76. The molecule has 124 valence electrons. The minimum atomic E-state index is -0.204. The fraction of sp³-hybridized carbons (Fsp3) is 0.182. The van der Waals surface area contributed by atoms with E-state index in [1.165, 1.54) is 9.79 Å². The monoisotopic (exact) mass is 337 g/mol. The molecule has 0 aliphatic carbocycles. The van der Waals surface area contributed by atoms with Gasteiger partial charge in [0.2, 0.25) is 0 Å². The van der Waals surface area contributed by atoms with Gasteiger partial charge in [-0.05, 0) is 69.3 Å². The third-order valence-electron chi connectivity index (χ3n) is 3.18. The van der Waals surface area contributed by atoms with E-state index < -0.39 is 0 Å². The fourth-order valence-corrected chi connectivity index (χ4v) is 4.35. The van der Waals surface area contributed by atoms with Gasteiger partial charge in [0.15, 0.2) is 14.7 Å². The van der Waals surface area contributed by atoms with Crippen molar-refractivity contribution in [1.29, 1.82) is 0 Å². The zero-order valence-corrected chi connectivity index (χ0v) is 15.5. The highest BCUT2D eigenvalue weighted by molar-refractivity contribution is 8.00. The van der Waals surface area contributed by atoms with Gasteiger partial charge in [-0.2, -0.15) is 0 Å². The SMILES string of the molecule is C=C/C=C(\C=C)[S+](c1ccccc1)c1ccc(OC(C)(C)C)cc1. The molecule has 2 aromatic carbocycles. The Labute approximate surface area is 148 Å². The number of hydrogen-bond acceptors (Lipinski definition) is 1. The van der Waals surface area contributed by atoms with Gasteiger partial charge in [0, 0.05) is 0 Å². The summed E-state index contributed by atoms with van der Waals surface area (Å²) < 4.78 is 5.93. The summed E-state index contributed by atoms with van der Waals surface area (Å²) in [4.78, 5) is 3.64. The van der Waals surface area contributed by atoms with Crippen LogP contribution in [0.3, 0.4) is 0 Å². The van der Waals surface area contributed by atoms with Crippen molar-refractivity contribution in [3.63, 3.8) is 0 Å². The van der Waals surface area contributed by atoms with Crippen LogP contribution in [-0.4, -0.2) is 5.60 Å². The van der Waals surface area contributed by atoms with E-state index in [0.717, 1.165) is 10.7 Å². The second-order valence-electron chi connectivity index (χ2n) is 6.31. The first kappa shape index (κ1) is 18.2. The molecule has 0 aromatic heterocycles. The number of rotatable bonds is 6. The van der Waals surface area contributed by atoms with Crippen LogP contribution in [0.1, 0.15) is 20.8 Å². The maximum Gasteiger partial charge on any atom is 0.166 e. The van der Waals surface area contributed by atoms with Gasteiger partial charge in [-0.25, -0.2) is 0 Å². The first-order valence-electron chi connectivity index (χ1n) is 7.98. The second kappa shape index (κ2) is 8.07.